The summed E-state index contributed by atoms with van der Waals surface area (Å²) in [5.74, 6) is 1.36. The van der Waals surface area contributed by atoms with Crippen LogP contribution in [0.2, 0.25) is 0 Å². The zero-order valence-corrected chi connectivity index (χ0v) is 12.8. The first-order valence-corrected chi connectivity index (χ1v) is 8.73. The molecular formula is C19H22N2O. The fraction of sp³-hybridized carbons (Fsp3) is 0.526. The maximum atomic E-state index is 12.9. The highest BCUT2D eigenvalue weighted by atomic mass is 16.2. The Labute approximate surface area is 130 Å². The topological polar surface area (TPSA) is 36.1 Å². The van der Waals surface area contributed by atoms with Crippen molar-refractivity contribution in [1.29, 1.82) is 0 Å². The number of benzene rings is 1. The van der Waals surface area contributed by atoms with Crippen LogP contribution in [0.5, 0.6) is 0 Å². The van der Waals surface area contributed by atoms with E-state index in [1.165, 1.54) is 41.4 Å². The van der Waals surface area contributed by atoms with Crippen LogP contribution in [0.3, 0.4) is 0 Å². The van der Waals surface area contributed by atoms with Gasteiger partial charge >= 0.3 is 0 Å². The quantitative estimate of drug-likeness (QED) is 0.788. The third-order valence-electron chi connectivity index (χ3n) is 6.19. The summed E-state index contributed by atoms with van der Waals surface area (Å²) in [5.41, 5.74) is 4.01. The average molecular weight is 294 g/mol. The lowest BCUT2D eigenvalue weighted by molar-refractivity contribution is -0.148. The van der Waals surface area contributed by atoms with E-state index in [9.17, 15) is 4.79 Å². The van der Waals surface area contributed by atoms with E-state index in [1.54, 1.807) is 0 Å². The van der Waals surface area contributed by atoms with Crippen molar-refractivity contribution in [1.82, 2.24) is 9.88 Å². The number of nitrogens with zero attached hydrogens (tertiary/aromatic N) is 1. The number of amides is 1. The first-order chi connectivity index (χ1) is 10.8. The summed E-state index contributed by atoms with van der Waals surface area (Å²) >= 11 is 0. The number of hydrogen-bond acceptors (Lipinski definition) is 1. The molecule has 1 saturated carbocycles. The lowest BCUT2D eigenvalue weighted by Crippen LogP contribution is -2.50. The molecule has 1 aromatic heterocycles. The Morgan fingerprint density at radius 1 is 1.14 bits per heavy atom. The summed E-state index contributed by atoms with van der Waals surface area (Å²) in [5, 5.41) is 1.36. The van der Waals surface area contributed by atoms with Crippen molar-refractivity contribution in [2.75, 3.05) is 6.54 Å². The second-order valence-corrected chi connectivity index (χ2v) is 7.25. The number of para-hydroxylation sites is 1. The van der Waals surface area contributed by atoms with Crippen LogP contribution in [0.1, 0.15) is 49.4 Å². The van der Waals surface area contributed by atoms with Crippen molar-refractivity contribution >= 4 is 16.8 Å². The Kier molecular flexibility index (Phi) is 2.67. The van der Waals surface area contributed by atoms with E-state index >= 15 is 0 Å². The molecule has 3 heterocycles. The molecule has 114 valence electrons. The lowest BCUT2D eigenvalue weighted by Gasteiger charge is -2.47. The number of fused-ring (bicyclic) bond motifs is 6. The molecule has 0 radical (unpaired) electrons. The number of nitrogens with one attached hydrogen (secondary N) is 1. The van der Waals surface area contributed by atoms with E-state index in [1.807, 2.05) is 0 Å². The second kappa shape index (κ2) is 4.61. The number of aromatic nitrogens is 1. The van der Waals surface area contributed by atoms with E-state index in [-0.39, 0.29) is 0 Å². The number of H-pyrrole nitrogens is 1. The van der Waals surface area contributed by atoms with Crippen molar-refractivity contribution in [2.45, 2.75) is 44.6 Å². The zero-order valence-electron chi connectivity index (χ0n) is 12.8. The Morgan fingerprint density at radius 2 is 2.00 bits per heavy atom. The fourth-order valence-corrected chi connectivity index (χ4v) is 5.14. The van der Waals surface area contributed by atoms with Crippen LogP contribution in [0.15, 0.2) is 24.3 Å². The van der Waals surface area contributed by atoms with E-state index in [2.05, 4.69) is 34.1 Å². The largest absolute Gasteiger partial charge is 0.356 e. The molecule has 0 spiro atoms. The Hall–Kier alpha value is -1.77. The maximum absolute atomic E-state index is 12.9. The standard InChI is InChI=1S/C19H22N2O/c22-19-13-6-2-1-5-12(13)11-17-18-15(9-10-21(17)19)14-7-3-4-8-16(14)20-18/h3-4,7-8,12-13,17,20H,1-2,5-6,9-11H2/t12-,13+,17-/m1/s1. The highest BCUT2D eigenvalue weighted by Crippen LogP contribution is 2.47. The number of aromatic amines is 1. The van der Waals surface area contributed by atoms with Gasteiger partial charge in [0.15, 0.2) is 0 Å². The van der Waals surface area contributed by atoms with Crippen molar-refractivity contribution in [3.63, 3.8) is 0 Å². The molecule has 22 heavy (non-hydrogen) atoms. The van der Waals surface area contributed by atoms with Gasteiger partial charge in [-0.3, -0.25) is 4.79 Å². The van der Waals surface area contributed by atoms with Crippen LogP contribution in [0.4, 0.5) is 0 Å². The summed E-state index contributed by atoms with van der Waals surface area (Å²) in [6.45, 7) is 0.904. The van der Waals surface area contributed by atoms with Crippen molar-refractivity contribution < 1.29 is 4.79 Å². The van der Waals surface area contributed by atoms with E-state index in [4.69, 9.17) is 0 Å². The molecule has 3 nitrogen and oxygen atoms in total. The molecular weight excluding hydrogens is 272 g/mol. The van der Waals surface area contributed by atoms with Gasteiger partial charge in [0, 0.05) is 29.1 Å². The van der Waals surface area contributed by atoms with Gasteiger partial charge < -0.3 is 9.88 Å². The molecule has 2 fully saturated rings. The van der Waals surface area contributed by atoms with Gasteiger partial charge in [0.05, 0.1) is 6.04 Å². The van der Waals surface area contributed by atoms with Gasteiger partial charge in [-0.1, -0.05) is 31.0 Å². The van der Waals surface area contributed by atoms with Crippen molar-refractivity contribution in [3.05, 3.63) is 35.5 Å². The highest BCUT2D eigenvalue weighted by molar-refractivity contribution is 5.87. The molecule has 0 bridgehead atoms. The molecule has 1 saturated heterocycles. The fourth-order valence-electron chi connectivity index (χ4n) is 5.14. The van der Waals surface area contributed by atoms with E-state index in [0.29, 0.717) is 23.8 Å². The minimum atomic E-state index is 0.294. The molecule has 2 aliphatic heterocycles. The average Bonchev–Trinajstić information content (AvgIpc) is 2.94. The second-order valence-electron chi connectivity index (χ2n) is 7.25. The van der Waals surface area contributed by atoms with Gasteiger partial charge in [0.25, 0.3) is 0 Å². The normalized spacial score (nSPS) is 30.8. The van der Waals surface area contributed by atoms with Crippen LogP contribution in [0, 0.1) is 11.8 Å². The smallest absolute Gasteiger partial charge is 0.226 e. The van der Waals surface area contributed by atoms with Gasteiger partial charge in [-0.05, 0) is 43.2 Å². The monoisotopic (exact) mass is 294 g/mol. The molecule has 5 rings (SSSR count). The molecule has 1 aliphatic carbocycles. The molecule has 0 unspecified atom stereocenters. The number of carbonyl (C=O) groups excluding carboxylic acids is 1. The minimum Gasteiger partial charge on any atom is -0.356 e. The van der Waals surface area contributed by atoms with Crippen molar-refractivity contribution in [2.24, 2.45) is 11.8 Å². The Morgan fingerprint density at radius 3 is 2.95 bits per heavy atom. The van der Waals surface area contributed by atoms with Gasteiger partial charge in [-0.25, -0.2) is 0 Å². The van der Waals surface area contributed by atoms with E-state index in [0.717, 1.165) is 25.8 Å². The third kappa shape index (κ3) is 1.65. The van der Waals surface area contributed by atoms with Crippen LogP contribution in [-0.4, -0.2) is 22.3 Å². The summed E-state index contributed by atoms with van der Waals surface area (Å²) in [4.78, 5) is 18.8. The predicted octanol–water partition coefficient (Wildman–Crippen LogP) is 3.80. The maximum Gasteiger partial charge on any atom is 0.226 e. The van der Waals surface area contributed by atoms with Crippen molar-refractivity contribution in [3.8, 4) is 0 Å². The summed E-state index contributed by atoms with van der Waals surface area (Å²) in [6, 6.07) is 8.88. The van der Waals surface area contributed by atoms with Crippen LogP contribution < -0.4 is 0 Å². The van der Waals surface area contributed by atoms with Crippen LogP contribution in [-0.2, 0) is 11.2 Å². The number of carbonyl (C=O) groups is 1. The molecule has 1 aromatic carbocycles. The van der Waals surface area contributed by atoms with Crippen LogP contribution in [0.25, 0.3) is 10.9 Å². The van der Waals surface area contributed by atoms with Gasteiger partial charge in [-0.15, -0.1) is 0 Å². The number of piperidine rings is 1. The number of rotatable bonds is 0. The summed E-state index contributed by atoms with van der Waals surface area (Å²) in [6.07, 6.45) is 7.07. The van der Waals surface area contributed by atoms with Gasteiger partial charge in [0.1, 0.15) is 0 Å². The highest BCUT2D eigenvalue weighted by Gasteiger charge is 2.45. The summed E-state index contributed by atoms with van der Waals surface area (Å²) < 4.78 is 0. The Bertz CT molecular complexity index is 747. The first kappa shape index (κ1) is 12.7. The number of hydrogen-bond donors (Lipinski definition) is 1. The van der Waals surface area contributed by atoms with E-state index < -0.39 is 0 Å². The van der Waals surface area contributed by atoms with Gasteiger partial charge in [-0.2, -0.15) is 0 Å². The summed E-state index contributed by atoms with van der Waals surface area (Å²) in [7, 11) is 0. The van der Waals surface area contributed by atoms with Gasteiger partial charge in [0.2, 0.25) is 5.91 Å². The predicted molar refractivity (Wildman–Crippen MR) is 86.5 cm³/mol. The SMILES string of the molecule is O=C1[C@H]2CCCC[C@@H]2C[C@@H]2c3[nH]c4ccccc4c3CCN12. The molecule has 1 amide bonds. The zero-order chi connectivity index (χ0) is 14.7. The molecule has 3 atom stereocenters. The molecule has 3 aliphatic rings. The molecule has 1 N–H and O–H groups in total. The lowest BCUT2D eigenvalue weighted by atomic mass is 9.71. The Balaban J connectivity index is 1.60. The third-order valence-corrected chi connectivity index (χ3v) is 6.19. The minimum absolute atomic E-state index is 0.294. The molecule has 2 aromatic rings. The van der Waals surface area contributed by atoms with Crippen LogP contribution >= 0.6 is 0 Å². The first-order valence-electron chi connectivity index (χ1n) is 8.73. The molecule has 3 heteroatoms.